The van der Waals surface area contributed by atoms with Gasteiger partial charge >= 0.3 is 29.2 Å². The van der Waals surface area contributed by atoms with E-state index >= 15 is 0 Å². The van der Waals surface area contributed by atoms with Gasteiger partial charge in [0.2, 0.25) is 0 Å². The molecule has 0 aliphatic carbocycles. The van der Waals surface area contributed by atoms with Gasteiger partial charge in [-0.3, -0.25) is 9.09 Å². The fourth-order valence-corrected chi connectivity index (χ4v) is 5.91. The van der Waals surface area contributed by atoms with Gasteiger partial charge in [0.05, 0.1) is 6.61 Å². The second kappa shape index (κ2) is 9.68. The summed E-state index contributed by atoms with van der Waals surface area (Å²) in [4.78, 5) is 50.9. The molecule has 6 atom stereocenters. The Labute approximate surface area is 182 Å². The Kier molecular flexibility index (Phi) is 8.16. The zero-order valence-electron chi connectivity index (χ0n) is 16.0. The van der Waals surface area contributed by atoms with E-state index in [9.17, 15) is 36.6 Å². The van der Waals surface area contributed by atoms with Gasteiger partial charge in [-0.05, 0) is 6.07 Å². The average molecular weight is 545 g/mol. The SMILES string of the molecule is C=C[C@H]1[C@@H](F)[C@H](n2ccc(N)nc2=O)O[C@@]1(COP(=O)(O)OP(=O)(O)OP(=O)(O)O)C(F)F. The minimum atomic E-state index is -5.94. The first-order valence-electron chi connectivity index (χ1n) is 8.28. The van der Waals surface area contributed by atoms with Gasteiger partial charge in [0.25, 0.3) is 6.43 Å². The highest BCUT2D eigenvalue weighted by molar-refractivity contribution is 7.66. The molecule has 1 fully saturated rings. The van der Waals surface area contributed by atoms with Gasteiger partial charge in [-0.25, -0.2) is 31.7 Å². The number of halogens is 3. The first-order valence-corrected chi connectivity index (χ1v) is 12.8. The van der Waals surface area contributed by atoms with Crippen LogP contribution in [0.25, 0.3) is 0 Å². The zero-order valence-corrected chi connectivity index (χ0v) is 18.6. The van der Waals surface area contributed by atoms with Crippen molar-refractivity contribution in [2.24, 2.45) is 5.92 Å². The Morgan fingerprint density at radius 1 is 1.27 bits per heavy atom. The van der Waals surface area contributed by atoms with Gasteiger partial charge in [0.15, 0.2) is 18.0 Å². The highest BCUT2D eigenvalue weighted by Gasteiger charge is 2.61. The van der Waals surface area contributed by atoms with Crippen LogP contribution in [0.15, 0.2) is 29.7 Å². The van der Waals surface area contributed by atoms with Gasteiger partial charge in [-0.1, -0.05) is 6.08 Å². The summed E-state index contributed by atoms with van der Waals surface area (Å²) in [6, 6.07) is 1.04. The maximum Gasteiger partial charge on any atom is 0.490 e. The number of aromatic nitrogens is 2. The molecule has 0 amide bonds. The van der Waals surface area contributed by atoms with Crippen LogP contribution in [0.3, 0.4) is 0 Å². The molecule has 0 saturated carbocycles. The van der Waals surface area contributed by atoms with Crippen LogP contribution in [0, 0.1) is 5.92 Å². The summed E-state index contributed by atoms with van der Waals surface area (Å²) in [6.45, 7) is 1.51. The van der Waals surface area contributed by atoms with Crippen molar-refractivity contribution < 1.29 is 64.3 Å². The number of alkyl halides is 3. The van der Waals surface area contributed by atoms with Gasteiger partial charge in [0.1, 0.15) is 5.82 Å². The number of nitrogens with zero attached hydrogens (tertiary/aromatic N) is 2. The molecule has 1 aromatic rings. The Morgan fingerprint density at radius 3 is 2.36 bits per heavy atom. The van der Waals surface area contributed by atoms with Gasteiger partial charge in [-0.15, -0.1) is 6.58 Å². The van der Waals surface area contributed by atoms with Crippen molar-refractivity contribution in [2.45, 2.75) is 24.4 Å². The van der Waals surface area contributed by atoms with Crippen LogP contribution in [-0.2, 0) is 31.6 Å². The van der Waals surface area contributed by atoms with Crippen LogP contribution in [0.2, 0.25) is 0 Å². The predicted octanol–water partition coefficient (Wildman–Crippen LogP) is 0.842. The summed E-state index contributed by atoms with van der Waals surface area (Å²) >= 11 is 0. The lowest BCUT2D eigenvalue weighted by Crippen LogP contribution is -2.48. The number of nitrogen functional groups attached to an aromatic ring is 1. The normalized spacial score (nSPS) is 29.5. The smallest absolute Gasteiger partial charge is 0.383 e. The van der Waals surface area contributed by atoms with E-state index in [-0.39, 0.29) is 5.82 Å². The molecule has 0 aromatic carbocycles. The Balaban J connectivity index is 2.33. The van der Waals surface area contributed by atoms with Gasteiger partial charge in [-0.2, -0.15) is 13.6 Å². The second-order valence-electron chi connectivity index (χ2n) is 6.38. The third-order valence-corrected chi connectivity index (χ3v) is 7.92. The summed E-state index contributed by atoms with van der Waals surface area (Å²) in [5, 5.41) is 0. The Bertz CT molecular complexity index is 1100. The molecular formula is C12H17F3N3O12P3. The lowest BCUT2D eigenvalue weighted by molar-refractivity contribution is -0.177. The zero-order chi connectivity index (χ0) is 25.4. The molecule has 1 saturated heterocycles. The monoisotopic (exact) mass is 545 g/mol. The van der Waals surface area contributed by atoms with Gasteiger partial charge < -0.3 is 30.0 Å². The summed E-state index contributed by atoms with van der Waals surface area (Å²) in [7, 11) is -17.5. The van der Waals surface area contributed by atoms with E-state index in [4.69, 9.17) is 25.2 Å². The van der Waals surface area contributed by atoms with E-state index < -0.39 is 66.1 Å². The summed E-state index contributed by atoms with van der Waals surface area (Å²) < 4.78 is 93.6. The van der Waals surface area contributed by atoms with Crippen LogP contribution < -0.4 is 11.4 Å². The molecule has 0 radical (unpaired) electrons. The van der Waals surface area contributed by atoms with Crippen LogP contribution in [0.4, 0.5) is 19.0 Å². The molecule has 33 heavy (non-hydrogen) atoms. The molecule has 1 aliphatic rings. The van der Waals surface area contributed by atoms with Crippen LogP contribution in [-0.4, -0.2) is 53.9 Å². The van der Waals surface area contributed by atoms with E-state index in [1.54, 1.807) is 0 Å². The van der Waals surface area contributed by atoms with Crippen LogP contribution in [0.5, 0.6) is 0 Å². The molecule has 188 valence electrons. The molecule has 2 rings (SSSR count). The number of hydrogen-bond donors (Lipinski definition) is 5. The molecule has 0 spiro atoms. The quantitative estimate of drug-likeness (QED) is 0.203. The molecule has 6 N–H and O–H groups in total. The van der Waals surface area contributed by atoms with E-state index in [0.29, 0.717) is 10.6 Å². The van der Waals surface area contributed by atoms with Crippen molar-refractivity contribution in [1.82, 2.24) is 9.55 Å². The minimum Gasteiger partial charge on any atom is -0.383 e. The molecule has 2 heterocycles. The van der Waals surface area contributed by atoms with E-state index in [0.717, 1.165) is 12.3 Å². The lowest BCUT2D eigenvalue weighted by atomic mass is 9.87. The number of phosphoric ester groups is 1. The fourth-order valence-electron chi connectivity index (χ4n) is 2.85. The van der Waals surface area contributed by atoms with E-state index in [1.165, 1.54) is 0 Å². The Morgan fingerprint density at radius 2 is 1.88 bits per heavy atom. The van der Waals surface area contributed by atoms with Crippen molar-refractivity contribution in [3.8, 4) is 0 Å². The molecule has 1 aliphatic heterocycles. The average Bonchev–Trinajstić information content (AvgIpc) is 2.90. The molecular weight excluding hydrogens is 528 g/mol. The van der Waals surface area contributed by atoms with Crippen molar-refractivity contribution in [1.29, 1.82) is 0 Å². The third-order valence-electron chi connectivity index (χ3n) is 4.14. The highest BCUT2D eigenvalue weighted by atomic mass is 31.3. The largest absolute Gasteiger partial charge is 0.490 e. The summed E-state index contributed by atoms with van der Waals surface area (Å²) in [6.07, 6.45) is -6.55. The number of phosphoric acid groups is 3. The topological polar surface area (TPSA) is 230 Å². The minimum absolute atomic E-state index is 0.266. The standard InChI is InChI=1S/C12H17F3N3O12P3/c1-2-6-8(13)9(18-4-3-7(16)17-11(18)19)28-12(6,10(14)15)5-27-32(23,24)30-33(25,26)29-31(20,21)22/h2-4,6,8-10H,1,5H2,(H,23,24)(H,25,26)(H2,16,17,19)(H2,20,21,22)/t6-,8+,9+,12+/m0/s1. The van der Waals surface area contributed by atoms with Crippen molar-refractivity contribution >= 4 is 29.3 Å². The summed E-state index contributed by atoms with van der Waals surface area (Å²) in [5.74, 6) is -2.24. The fraction of sp³-hybridized carbons (Fsp3) is 0.500. The van der Waals surface area contributed by atoms with Crippen LogP contribution >= 0.6 is 23.5 Å². The number of anilines is 1. The second-order valence-corrected chi connectivity index (χ2v) is 10.8. The number of hydrogen-bond acceptors (Lipinski definition) is 10. The molecule has 21 heteroatoms. The molecule has 2 unspecified atom stereocenters. The van der Waals surface area contributed by atoms with Crippen molar-refractivity contribution in [2.75, 3.05) is 12.3 Å². The number of ether oxygens (including phenoxy) is 1. The number of rotatable bonds is 10. The maximum absolute atomic E-state index is 15.0. The lowest BCUT2D eigenvalue weighted by Gasteiger charge is -2.32. The maximum atomic E-state index is 15.0. The predicted molar refractivity (Wildman–Crippen MR) is 100 cm³/mol. The first-order chi connectivity index (χ1) is 14.9. The third kappa shape index (κ3) is 6.59. The molecule has 0 bridgehead atoms. The highest BCUT2D eigenvalue weighted by Crippen LogP contribution is 2.66. The van der Waals surface area contributed by atoms with E-state index in [1.807, 2.05) is 0 Å². The van der Waals surface area contributed by atoms with Crippen LogP contribution in [0.1, 0.15) is 6.23 Å². The van der Waals surface area contributed by atoms with Gasteiger partial charge in [0, 0.05) is 12.1 Å². The summed E-state index contributed by atoms with van der Waals surface area (Å²) in [5.41, 5.74) is 1.05. The first kappa shape index (κ1) is 27.8. The molecule has 1 aromatic heterocycles. The number of nitrogens with two attached hydrogens (primary N) is 1. The molecule has 15 nitrogen and oxygen atoms in total. The van der Waals surface area contributed by atoms with E-state index in [2.05, 4.69) is 24.7 Å². The Hall–Kier alpha value is -1.42. The van der Waals surface area contributed by atoms with Crippen molar-refractivity contribution in [3.63, 3.8) is 0 Å². The van der Waals surface area contributed by atoms with Crippen molar-refractivity contribution in [3.05, 3.63) is 35.4 Å².